The molecule has 10 nitrogen and oxygen atoms in total. The molecule has 0 aliphatic carbocycles. The number of esters is 1. The molecular weight excluding hydrogens is 496 g/mol. The molecule has 0 fully saturated rings. The van der Waals surface area contributed by atoms with Crippen LogP contribution in [0.2, 0.25) is 0 Å². The number of hydrogen-bond donors (Lipinski definition) is 1. The van der Waals surface area contributed by atoms with Gasteiger partial charge < -0.3 is 43.0 Å². The molecule has 202 valence electrons. The molecule has 0 radical (unpaired) electrons. The lowest BCUT2D eigenvalue weighted by atomic mass is 9.94. The smallest absolute Gasteiger partial charge is 0.343 e. The zero-order valence-electron chi connectivity index (χ0n) is 22.0. The van der Waals surface area contributed by atoms with E-state index in [9.17, 15) is 9.90 Å². The van der Waals surface area contributed by atoms with Crippen molar-refractivity contribution in [1.29, 1.82) is 0 Å². The average molecular weight is 527 g/mol. The number of aliphatic hydroxyl groups excluding tert-OH is 1. The van der Waals surface area contributed by atoms with E-state index in [-0.39, 0.29) is 11.3 Å². The van der Waals surface area contributed by atoms with Crippen LogP contribution in [0.15, 0.2) is 42.5 Å². The fraction of sp³-hybridized carbons (Fsp3) is 0.321. The number of aliphatic hydroxyl groups is 1. The monoisotopic (exact) mass is 526 g/mol. The summed E-state index contributed by atoms with van der Waals surface area (Å²) in [6.07, 6.45) is -1.35. The Morgan fingerprint density at radius 1 is 0.763 bits per heavy atom. The van der Waals surface area contributed by atoms with Gasteiger partial charge in [0, 0.05) is 24.1 Å². The Labute approximate surface area is 220 Å². The molecule has 0 saturated carbocycles. The number of fused-ring (bicyclic) bond motifs is 1. The summed E-state index contributed by atoms with van der Waals surface area (Å²) < 4.78 is 44.1. The van der Waals surface area contributed by atoms with E-state index in [0.29, 0.717) is 52.2 Å². The van der Waals surface area contributed by atoms with Gasteiger partial charge in [0.25, 0.3) is 0 Å². The molecule has 0 aromatic heterocycles. The van der Waals surface area contributed by atoms with Crippen LogP contribution in [-0.2, 0) is 6.42 Å². The van der Waals surface area contributed by atoms with E-state index in [1.165, 1.54) is 40.6 Å². The van der Waals surface area contributed by atoms with Crippen molar-refractivity contribution >= 4 is 5.97 Å². The van der Waals surface area contributed by atoms with Gasteiger partial charge in [-0.2, -0.15) is 0 Å². The lowest BCUT2D eigenvalue weighted by molar-refractivity contribution is 0.0196. The highest BCUT2D eigenvalue weighted by atomic mass is 16.6. The highest BCUT2D eigenvalue weighted by Crippen LogP contribution is 2.44. The second-order valence-electron chi connectivity index (χ2n) is 8.33. The minimum Gasteiger partial charge on any atom is -0.496 e. The van der Waals surface area contributed by atoms with Crippen LogP contribution >= 0.6 is 0 Å². The zero-order valence-corrected chi connectivity index (χ0v) is 22.0. The molecule has 2 atom stereocenters. The molecule has 0 saturated heterocycles. The highest BCUT2D eigenvalue weighted by molar-refractivity contribution is 5.93. The predicted octanol–water partition coefficient (Wildman–Crippen LogP) is 3.99. The Hall–Kier alpha value is -4.31. The fourth-order valence-corrected chi connectivity index (χ4v) is 4.33. The van der Waals surface area contributed by atoms with E-state index in [1.807, 2.05) is 0 Å². The van der Waals surface area contributed by atoms with E-state index < -0.39 is 18.2 Å². The number of benzene rings is 3. The van der Waals surface area contributed by atoms with Gasteiger partial charge in [0.15, 0.2) is 23.0 Å². The molecule has 10 heteroatoms. The summed E-state index contributed by atoms with van der Waals surface area (Å²) in [6.45, 7) is 0. The third-order valence-corrected chi connectivity index (χ3v) is 6.23. The summed E-state index contributed by atoms with van der Waals surface area (Å²) in [7, 11) is 8.95. The summed E-state index contributed by atoms with van der Waals surface area (Å²) in [5.74, 6) is 2.41. The van der Waals surface area contributed by atoms with E-state index in [1.54, 1.807) is 44.6 Å². The number of carbonyl (C=O) groups is 1. The van der Waals surface area contributed by atoms with Gasteiger partial charge in [-0.05, 0) is 29.8 Å². The second kappa shape index (κ2) is 11.4. The molecule has 3 aromatic rings. The molecule has 0 unspecified atom stereocenters. The molecule has 3 aromatic carbocycles. The van der Waals surface area contributed by atoms with Crippen molar-refractivity contribution < 1.29 is 47.8 Å². The summed E-state index contributed by atoms with van der Waals surface area (Å²) >= 11 is 0. The first kappa shape index (κ1) is 26.7. The van der Waals surface area contributed by atoms with Crippen molar-refractivity contribution in [3.8, 4) is 46.0 Å². The van der Waals surface area contributed by atoms with Crippen LogP contribution in [0.4, 0.5) is 0 Å². The van der Waals surface area contributed by atoms with Crippen LogP contribution in [0.3, 0.4) is 0 Å². The molecule has 38 heavy (non-hydrogen) atoms. The van der Waals surface area contributed by atoms with E-state index in [4.69, 9.17) is 37.9 Å². The van der Waals surface area contributed by atoms with E-state index in [2.05, 4.69) is 0 Å². The minimum absolute atomic E-state index is 0.147. The maximum atomic E-state index is 13.1. The fourth-order valence-electron chi connectivity index (χ4n) is 4.33. The van der Waals surface area contributed by atoms with Crippen LogP contribution < -0.4 is 37.9 Å². The third kappa shape index (κ3) is 5.08. The molecular formula is C28H30O10. The van der Waals surface area contributed by atoms with Gasteiger partial charge in [0.05, 0.1) is 54.3 Å². The molecule has 0 spiro atoms. The molecule has 1 aliphatic heterocycles. The number of methoxy groups -OCH3 is 6. The number of hydrogen-bond acceptors (Lipinski definition) is 10. The Balaban J connectivity index is 1.66. The molecule has 1 aliphatic rings. The van der Waals surface area contributed by atoms with Gasteiger partial charge in [-0.3, -0.25) is 0 Å². The first-order chi connectivity index (χ1) is 18.4. The standard InChI is InChI=1S/C28H30O10/c1-31-17-12-21(33-3)18-14-19(29)26(37-22(18)13-17)15-7-8-20(32-2)23(9-15)38-28(30)16-10-24(34-4)27(36-6)25(11-16)35-5/h7-13,19,26,29H,14H2,1-6H3/t19-,26+/m0/s1. The van der Waals surface area contributed by atoms with Gasteiger partial charge in [-0.25, -0.2) is 4.79 Å². The SMILES string of the molecule is COc1cc(OC)c2c(c1)O[C@H](c1ccc(OC)c(OC(=O)c3cc(OC)c(OC)c(OC)c3)c1)[C@@H](O)C2. The summed E-state index contributed by atoms with van der Waals surface area (Å²) in [5.41, 5.74) is 1.49. The Kier molecular flexibility index (Phi) is 8.02. The van der Waals surface area contributed by atoms with Gasteiger partial charge in [-0.15, -0.1) is 0 Å². The van der Waals surface area contributed by atoms with Crippen LogP contribution in [0, 0.1) is 0 Å². The lowest BCUT2D eigenvalue weighted by Gasteiger charge is -2.32. The predicted molar refractivity (Wildman–Crippen MR) is 137 cm³/mol. The van der Waals surface area contributed by atoms with Crippen LogP contribution in [0.1, 0.15) is 27.6 Å². The first-order valence-corrected chi connectivity index (χ1v) is 11.7. The highest BCUT2D eigenvalue weighted by Gasteiger charge is 2.33. The number of rotatable bonds is 9. The summed E-state index contributed by atoms with van der Waals surface area (Å²) in [5, 5.41) is 11.0. The molecule has 0 bridgehead atoms. The van der Waals surface area contributed by atoms with Gasteiger partial charge in [-0.1, -0.05) is 6.07 Å². The minimum atomic E-state index is -0.892. The Morgan fingerprint density at radius 2 is 1.42 bits per heavy atom. The van der Waals surface area contributed by atoms with Crippen molar-refractivity contribution in [2.24, 2.45) is 0 Å². The first-order valence-electron chi connectivity index (χ1n) is 11.7. The van der Waals surface area contributed by atoms with Gasteiger partial charge in [0.2, 0.25) is 5.75 Å². The van der Waals surface area contributed by atoms with Crippen molar-refractivity contribution in [2.45, 2.75) is 18.6 Å². The summed E-state index contributed by atoms with van der Waals surface area (Å²) in [4.78, 5) is 13.1. The molecule has 1 heterocycles. The average Bonchev–Trinajstić information content (AvgIpc) is 2.95. The zero-order chi connectivity index (χ0) is 27.4. The van der Waals surface area contributed by atoms with Crippen LogP contribution in [-0.4, -0.2) is 59.8 Å². The lowest BCUT2D eigenvalue weighted by Crippen LogP contribution is -2.30. The van der Waals surface area contributed by atoms with Crippen LogP contribution in [0.25, 0.3) is 0 Å². The van der Waals surface area contributed by atoms with E-state index in [0.717, 1.165) is 5.56 Å². The number of carbonyl (C=O) groups excluding carboxylic acids is 1. The van der Waals surface area contributed by atoms with Crippen LogP contribution in [0.5, 0.6) is 46.0 Å². The van der Waals surface area contributed by atoms with Crippen molar-refractivity contribution in [3.05, 3.63) is 59.2 Å². The number of ether oxygens (including phenoxy) is 8. The largest absolute Gasteiger partial charge is 0.496 e. The van der Waals surface area contributed by atoms with Gasteiger partial charge >= 0.3 is 5.97 Å². The quantitative estimate of drug-likeness (QED) is 0.324. The summed E-state index contributed by atoms with van der Waals surface area (Å²) in [6, 6.07) is 11.5. The maximum absolute atomic E-state index is 13.1. The maximum Gasteiger partial charge on any atom is 0.343 e. The topological polar surface area (TPSA) is 111 Å². The van der Waals surface area contributed by atoms with Gasteiger partial charge in [0.1, 0.15) is 23.4 Å². The van der Waals surface area contributed by atoms with E-state index >= 15 is 0 Å². The van der Waals surface area contributed by atoms with Crippen molar-refractivity contribution in [2.75, 3.05) is 42.7 Å². The molecule has 0 amide bonds. The third-order valence-electron chi connectivity index (χ3n) is 6.23. The van der Waals surface area contributed by atoms with Crippen molar-refractivity contribution in [1.82, 2.24) is 0 Å². The molecule has 4 rings (SSSR count). The normalized spacial score (nSPS) is 16.0. The Morgan fingerprint density at radius 3 is 2.00 bits per heavy atom. The molecule has 1 N–H and O–H groups in total. The van der Waals surface area contributed by atoms with Crippen molar-refractivity contribution in [3.63, 3.8) is 0 Å². The second-order valence-corrected chi connectivity index (χ2v) is 8.33. The Bertz CT molecular complexity index is 1290.